The summed E-state index contributed by atoms with van der Waals surface area (Å²) in [6.07, 6.45) is 5.40. The summed E-state index contributed by atoms with van der Waals surface area (Å²) in [6.45, 7) is 2.22. The Labute approximate surface area is 175 Å². The number of anilines is 6. The fourth-order valence-electron chi connectivity index (χ4n) is 3.42. The maximum atomic E-state index is 12.2. The number of amides is 2. The number of hydrogen-bond acceptors (Lipinski definition) is 6. The van der Waals surface area contributed by atoms with Crippen LogP contribution < -0.4 is 26.6 Å². The van der Waals surface area contributed by atoms with Gasteiger partial charge in [-0.15, -0.1) is 0 Å². The van der Waals surface area contributed by atoms with Crippen molar-refractivity contribution in [1.29, 1.82) is 0 Å². The van der Waals surface area contributed by atoms with Crippen LogP contribution in [0.2, 0.25) is 0 Å². The van der Waals surface area contributed by atoms with Crippen molar-refractivity contribution in [3.05, 3.63) is 60.8 Å². The first-order valence-corrected chi connectivity index (χ1v) is 10.0. The first kappa shape index (κ1) is 19.5. The van der Waals surface area contributed by atoms with Gasteiger partial charge in [0.1, 0.15) is 5.82 Å². The lowest BCUT2D eigenvalue weighted by molar-refractivity contribution is 0.262. The van der Waals surface area contributed by atoms with Crippen LogP contribution in [0.4, 0.5) is 39.3 Å². The van der Waals surface area contributed by atoms with E-state index in [4.69, 9.17) is 5.73 Å². The van der Waals surface area contributed by atoms with E-state index in [0.717, 1.165) is 18.8 Å². The predicted molar refractivity (Wildman–Crippen MR) is 121 cm³/mol. The third kappa shape index (κ3) is 5.16. The SMILES string of the molecule is Nc1cccc(NC(=O)Nc2ccnc(Nc3ccc(N4CCCCC4)cc3)n2)c1. The Kier molecular flexibility index (Phi) is 5.93. The molecule has 0 atom stereocenters. The van der Waals surface area contributed by atoms with Crippen molar-refractivity contribution in [3.63, 3.8) is 0 Å². The van der Waals surface area contributed by atoms with E-state index in [-0.39, 0.29) is 0 Å². The largest absolute Gasteiger partial charge is 0.399 e. The Morgan fingerprint density at radius 1 is 0.933 bits per heavy atom. The molecule has 154 valence electrons. The highest BCUT2D eigenvalue weighted by atomic mass is 16.2. The molecule has 1 saturated heterocycles. The van der Waals surface area contributed by atoms with Crippen LogP contribution in [-0.2, 0) is 0 Å². The van der Waals surface area contributed by atoms with Gasteiger partial charge >= 0.3 is 6.03 Å². The fourth-order valence-corrected chi connectivity index (χ4v) is 3.42. The van der Waals surface area contributed by atoms with E-state index in [1.54, 1.807) is 36.5 Å². The molecule has 5 N–H and O–H groups in total. The lowest BCUT2D eigenvalue weighted by atomic mass is 10.1. The van der Waals surface area contributed by atoms with Crippen molar-refractivity contribution >= 4 is 40.5 Å². The van der Waals surface area contributed by atoms with Gasteiger partial charge in [0.05, 0.1) is 0 Å². The molecule has 1 aromatic heterocycles. The molecule has 1 fully saturated rings. The molecule has 8 heteroatoms. The number of nitrogens with two attached hydrogens (primary N) is 1. The Morgan fingerprint density at radius 2 is 1.73 bits per heavy atom. The number of nitrogens with zero attached hydrogens (tertiary/aromatic N) is 3. The average Bonchev–Trinajstić information content (AvgIpc) is 2.75. The summed E-state index contributed by atoms with van der Waals surface area (Å²) in [4.78, 5) is 23.2. The van der Waals surface area contributed by atoms with Crippen molar-refractivity contribution in [2.45, 2.75) is 19.3 Å². The maximum Gasteiger partial charge on any atom is 0.324 e. The predicted octanol–water partition coefficient (Wildman–Crippen LogP) is 4.44. The van der Waals surface area contributed by atoms with E-state index in [2.05, 4.69) is 43.0 Å². The van der Waals surface area contributed by atoms with Gasteiger partial charge in [0.2, 0.25) is 5.95 Å². The van der Waals surface area contributed by atoms with Gasteiger partial charge in [0.15, 0.2) is 0 Å². The molecule has 0 saturated carbocycles. The number of nitrogens with one attached hydrogen (secondary N) is 3. The van der Waals surface area contributed by atoms with Crippen LogP contribution in [0.3, 0.4) is 0 Å². The molecule has 30 heavy (non-hydrogen) atoms. The highest BCUT2D eigenvalue weighted by Gasteiger charge is 2.11. The molecule has 2 heterocycles. The van der Waals surface area contributed by atoms with Crippen LogP contribution in [-0.4, -0.2) is 29.1 Å². The van der Waals surface area contributed by atoms with Crippen LogP contribution in [0.25, 0.3) is 0 Å². The maximum absolute atomic E-state index is 12.2. The quantitative estimate of drug-likeness (QED) is 0.469. The minimum atomic E-state index is -0.406. The van der Waals surface area contributed by atoms with Crippen molar-refractivity contribution < 1.29 is 4.79 Å². The smallest absolute Gasteiger partial charge is 0.324 e. The summed E-state index contributed by atoms with van der Waals surface area (Å²) in [5, 5.41) is 8.60. The number of rotatable bonds is 5. The molecule has 3 aromatic rings. The van der Waals surface area contributed by atoms with Gasteiger partial charge in [0.25, 0.3) is 0 Å². The van der Waals surface area contributed by atoms with Crippen molar-refractivity contribution in [2.75, 3.05) is 39.7 Å². The summed E-state index contributed by atoms with van der Waals surface area (Å²) in [7, 11) is 0. The zero-order chi connectivity index (χ0) is 20.8. The van der Waals surface area contributed by atoms with Gasteiger partial charge in [-0.1, -0.05) is 6.07 Å². The van der Waals surface area contributed by atoms with Crippen molar-refractivity contribution in [2.24, 2.45) is 0 Å². The van der Waals surface area contributed by atoms with Crippen LogP contribution in [0.15, 0.2) is 60.8 Å². The summed E-state index contributed by atoms with van der Waals surface area (Å²) in [5.41, 5.74) is 9.03. The van der Waals surface area contributed by atoms with Crippen LogP contribution >= 0.6 is 0 Å². The topological polar surface area (TPSA) is 108 Å². The first-order chi connectivity index (χ1) is 14.7. The number of aromatic nitrogens is 2. The highest BCUT2D eigenvalue weighted by Crippen LogP contribution is 2.23. The van der Waals surface area contributed by atoms with Crippen LogP contribution in [0.1, 0.15) is 19.3 Å². The molecular weight excluding hydrogens is 378 g/mol. The second-order valence-corrected chi connectivity index (χ2v) is 7.19. The van der Waals surface area contributed by atoms with E-state index in [9.17, 15) is 4.79 Å². The minimum Gasteiger partial charge on any atom is -0.399 e. The lowest BCUT2D eigenvalue weighted by Gasteiger charge is -2.28. The third-order valence-corrected chi connectivity index (χ3v) is 4.89. The Bertz CT molecular complexity index is 1000. The zero-order valence-electron chi connectivity index (χ0n) is 16.6. The lowest BCUT2D eigenvalue weighted by Crippen LogP contribution is -2.29. The van der Waals surface area contributed by atoms with Gasteiger partial charge in [-0.05, 0) is 67.8 Å². The number of urea groups is 1. The van der Waals surface area contributed by atoms with Gasteiger partial charge in [-0.3, -0.25) is 5.32 Å². The van der Waals surface area contributed by atoms with Gasteiger partial charge in [-0.2, -0.15) is 4.98 Å². The Morgan fingerprint density at radius 3 is 2.50 bits per heavy atom. The number of carbonyl (C=O) groups excluding carboxylic acids is 1. The van der Waals surface area contributed by atoms with E-state index >= 15 is 0 Å². The van der Waals surface area contributed by atoms with Crippen molar-refractivity contribution in [3.8, 4) is 0 Å². The fraction of sp³-hybridized carbons (Fsp3) is 0.227. The average molecular weight is 403 g/mol. The van der Waals surface area contributed by atoms with Crippen LogP contribution in [0, 0.1) is 0 Å². The van der Waals surface area contributed by atoms with E-state index in [1.165, 1.54) is 24.9 Å². The Balaban J connectivity index is 1.36. The molecule has 0 unspecified atom stereocenters. The molecule has 2 amide bonds. The Hall–Kier alpha value is -3.81. The van der Waals surface area contributed by atoms with Crippen LogP contribution in [0.5, 0.6) is 0 Å². The second kappa shape index (κ2) is 9.13. The molecule has 0 spiro atoms. The number of carbonyl (C=O) groups is 1. The van der Waals surface area contributed by atoms with E-state index < -0.39 is 6.03 Å². The monoisotopic (exact) mass is 403 g/mol. The van der Waals surface area contributed by atoms with Crippen molar-refractivity contribution in [1.82, 2.24) is 9.97 Å². The summed E-state index contributed by atoms with van der Waals surface area (Å²) in [6, 6.07) is 16.4. The van der Waals surface area contributed by atoms with E-state index in [1.807, 2.05) is 12.1 Å². The molecule has 8 nitrogen and oxygen atoms in total. The first-order valence-electron chi connectivity index (χ1n) is 10.0. The summed E-state index contributed by atoms with van der Waals surface area (Å²) < 4.78 is 0. The molecule has 1 aliphatic heterocycles. The van der Waals surface area contributed by atoms with Gasteiger partial charge < -0.3 is 21.3 Å². The number of hydrogen-bond donors (Lipinski definition) is 4. The third-order valence-electron chi connectivity index (χ3n) is 4.89. The zero-order valence-corrected chi connectivity index (χ0v) is 16.6. The molecule has 0 radical (unpaired) electrons. The minimum absolute atomic E-state index is 0.388. The molecular formula is C22H25N7O. The molecule has 4 rings (SSSR count). The number of piperidine rings is 1. The molecule has 1 aliphatic rings. The number of nitrogen functional groups attached to an aromatic ring is 1. The van der Waals surface area contributed by atoms with Gasteiger partial charge in [-0.25, -0.2) is 9.78 Å². The molecule has 0 aliphatic carbocycles. The standard InChI is InChI=1S/C22H25N7O/c23-16-5-4-6-18(15-16)26-22(30)28-20-11-12-24-21(27-20)25-17-7-9-19(10-8-17)29-13-2-1-3-14-29/h4-12,15H,1-3,13-14,23H2,(H3,24,25,26,27,28,30). The normalized spacial score (nSPS) is 13.5. The highest BCUT2D eigenvalue weighted by molar-refractivity contribution is 5.99. The number of benzene rings is 2. The van der Waals surface area contributed by atoms with Gasteiger partial charge in [0, 0.05) is 42.0 Å². The summed E-state index contributed by atoms with van der Waals surface area (Å²) in [5.74, 6) is 0.793. The molecule has 0 bridgehead atoms. The second-order valence-electron chi connectivity index (χ2n) is 7.19. The summed E-state index contributed by atoms with van der Waals surface area (Å²) >= 11 is 0. The van der Waals surface area contributed by atoms with E-state index in [0.29, 0.717) is 23.1 Å². The molecule has 2 aromatic carbocycles.